The van der Waals surface area contributed by atoms with Crippen molar-refractivity contribution in [1.82, 2.24) is 0 Å². The van der Waals surface area contributed by atoms with Gasteiger partial charge in [0.15, 0.2) is 8.32 Å². The highest BCUT2D eigenvalue weighted by molar-refractivity contribution is 6.74. The number of carboxylic acid groups (broad SMARTS) is 1. The molecule has 1 rings (SSSR count). The molecule has 1 N–H and O–H groups in total. The molecule has 1 unspecified atom stereocenters. The number of carboxylic acids is 1. The highest BCUT2D eigenvalue weighted by Gasteiger charge is 2.38. The van der Waals surface area contributed by atoms with Crippen molar-refractivity contribution < 1.29 is 14.3 Å². The zero-order chi connectivity index (χ0) is 16.3. The van der Waals surface area contributed by atoms with Gasteiger partial charge in [-0.3, -0.25) is 4.79 Å². The second-order valence-corrected chi connectivity index (χ2v) is 12.2. The van der Waals surface area contributed by atoms with E-state index >= 15 is 0 Å². The summed E-state index contributed by atoms with van der Waals surface area (Å²) in [6.45, 7) is 11.0. The number of benzene rings is 1. The van der Waals surface area contributed by atoms with Crippen LogP contribution in [0.3, 0.4) is 0 Å². The van der Waals surface area contributed by atoms with E-state index in [4.69, 9.17) is 16.0 Å². The van der Waals surface area contributed by atoms with Crippen LogP contribution in [-0.2, 0) is 15.6 Å². The molecule has 0 aliphatic carbocycles. The molecule has 3 nitrogen and oxygen atoms in total. The number of halogens is 1. The third-order valence-electron chi connectivity index (χ3n) is 4.20. The van der Waals surface area contributed by atoms with Crippen LogP contribution in [0.2, 0.25) is 23.2 Å². The van der Waals surface area contributed by atoms with E-state index in [-0.39, 0.29) is 11.6 Å². The lowest BCUT2D eigenvalue weighted by Gasteiger charge is -2.36. The maximum Gasteiger partial charge on any atom is 0.309 e. The Morgan fingerprint density at radius 1 is 1.29 bits per heavy atom. The first-order valence-electron chi connectivity index (χ1n) is 7.14. The smallest absolute Gasteiger partial charge is 0.309 e. The average molecular weight is 329 g/mol. The molecule has 0 saturated carbocycles. The minimum atomic E-state index is -1.92. The highest BCUT2D eigenvalue weighted by atomic mass is 35.5. The Hall–Kier alpha value is -0.843. The summed E-state index contributed by atoms with van der Waals surface area (Å²) in [5.41, 5.74) is 0.964. The van der Waals surface area contributed by atoms with Crippen molar-refractivity contribution in [2.24, 2.45) is 5.92 Å². The van der Waals surface area contributed by atoms with Gasteiger partial charge >= 0.3 is 5.97 Å². The third kappa shape index (κ3) is 5.45. The van der Waals surface area contributed by atoms with Gasteiger partial charge in [0.05, 0.1) is 5.92 Å². The van der Waals surface area contributed by atoms with Crippen molar-refractivity contribution >= 4 is 25.9 Å². The van der Waals surface area contributed by atoms with Crippen LogP contribution in [0.15, 0.2) is 24.3 Å². The van der Waals surface area contributed by atoms with E-state index < -0.39 is 20.2 Å². The summed E-state index contributed by atoms with van der Waals surface area (Å²) in [6, 6.07) is 7.30. The minimum absolute atomic E-state index is 0.0797. The summed E-state index contributed by atoms with van der Waals surface area (Å²) >= 11 is 5.85. The van der Waals surface area contributed by atoms with Crippen molar-refractivity contribution in [3.8, 4) is 0 Å². The normalized spacial score (nSPS) is 14.0. The Kier molecular flexibility index (Phi) is 6.02. The van der Waals surface area contributed by atoms with Crippen molar-refractivity contribution in [2.75, 3.05) is 6.61 Å². The van der Waals surface area contributed by atoms with Crippen LogP contribution in [0.25, 0.3) is 0 Å². The topological polar surface area (TPSA) is 46.5 Å². The highest BCUT2D eigenvalue weighted by Crippen LogP contribution is 2.36. The van der Waals surface area contributed by atoms with Crippen molar-refractivity contribution in [2.45, 2.75) is 45.3 Å². The molecule has 0 heterocycles. The molecule has 5 heteroatoms. The lowest BCUT2D eigenvalue weighted by molar-refractivity contribution is -0.142. The van der Waals surface area contributed by atoms with E-state index in [1.54, 1.807) is 12.1 Å². The van der Waals surface area contributed by atoms with Gasteiger partial charge in [-0.1, -0.05) is 44.5 Å². The average Bonchev–Trinajstić information content (AvgIpc) is 2.35. The molecule has 0 spiro atoms. The summed E-state index contributed by atoms with van der Waals surface area (Å²) in [6.07, 6.45) is 0.459. The number of hydrogen-bond acceptors (Lipinski definition) is 2. The number of hydrogen-bond donors (Lipinski definition) is 1. The van der Waals surface area contributed by atoms with Gasteiger partial charge in [0.25, 0.3) is 0 Å². The van der Waals surface area contributed by atoms with E-state index in [1.807, 2.05) is 12.1 Å². The van der Waals surface area contributed by atoms with Crippen LogP contribution >= 0.6 is 11.6 Å². The SMILES string of the molecule is CC(C)(C)[Si](C)(C)OCC(Cc1ccc(Cl)cc1)C(=O)O. The maximum absolute atomic E-state index is 11.4. The first kappa shape index (κ1) is 18.2. The lowest BCUT2D eigenvalue weighted by atomic mass is 10.0. The molecule has 1 aromatic carbocycles. The van der Waals surface area contributed by atoms with Crippen molar-refractivity contribution in [3.05, 3.63) is 34.9 Å². The van der Waals surface area contributed by atoms with E-state index in [0.29, 0.717) is 11.4 Å². The van der Waals surface area contributed by atoms with Crippen LogP contribution < -0.4 is 0 Å². The minimum Gasteiger partial charge on any atom is -0.481 e. The summed E-state index contributed by atoms with van der Waals surface area (Å²) in [7, 11) is -1.92. The van der Waals surface area contributed by atoms with Crippen LogP contribution in [0.1, 0.15) is 26.3 Å². The van der Waals surface area contributed by atoms with Gasteiger partial charge < -0.3 is 9.53 Å². The number of carbonyl (C=O) groups is 1. The van der Waals surface area contributed by atoms with E-state index in [0.717, 1.165) is 5.56 Å². The van der Waals surface area contributed by atoms with Gasteiger partial charge in [0.1, 0.15) is 0 Å². The van der Waals surface area contributed by atoms with Crippen LogP contribution in [0, 0.1) is 5.92 Å². The van der Waals surface area contributed by atoms with Crippen molar-refractivity contribution in [1.29, 1.82) is 0 Å². The second kappa shape index (κ2) is 6.94. The molecule has 118 valence electrons. The number of aliphatic carboxylic acids is 1. The standard InChI is InChI=1S/C16H25ClO3Si/c1-16(2,3)21(4,5)20-11-13(15(18)19)10-12-6-8-14(17)9-7-12/h6-9,13H,10-11H2,1-5H3,(H,18,19). The fourth-order valence-corrected chi connectivity index (χ4v) is 2.82. The summed E-state index contributed by atoms with van der Waals surface area (Å²) in [5, 5.41) is 10.1. The molecule has 1 aromatic rings. The molecular formula is C16H25ClO3Si. The molecule has 0 amide bonds. The van der Waals surface area contributed by atoms with Crippen LogP contribution in [-0.4, -0.2) is 26.0 Å². The van der Waals surface area contributed by atoms with E-state index in [9.17, 15) is 9.90 Å². The van der Waals surface area contributed by atoms with Gasteiger partial charge in [0, 0.05) is 11.6 Å². The summed E-state index contributed by atoms with van der Waals surface area (Å²) in [4.78, 5) is 11.4. The molecule has 0 aliphatic rings. The molecule has 0 radical (unpaired) electrons. The van der Waals surface area contributed by atoms with Gasteiger partial charge in [-0.2, -0.15) is 0 Å². The Morgan fingerprint density at radius 3 is 2.24 bits per heavy atom. The molecule has 0 aromatic heterocycles. The first-order valence-corrected chi connectivity index (χ1v) is 10.4. The Morgan fingerprint density at radius 2 is 1.81 bits per heavy atom. The Balaban J connectivity index is 2.71. The molecule has 0 fully saturated rings. The zero-order valence-corrected chi connectivity index (χ0v) is 15.2. The molecule has 1 atom stereocenters. The van der Waals surface area contributed by atoms with Gasteiger partial charge in [0.2, 0.25) is 0 Å². The Labute approximate surface area is 133 Å². The molecule has 0 saturated heterocycles. The first-order chi connectivity index (χ1) is 9.53. The molecule has 21 heavy (non-hydrogen) atoms. The quantitative estimate of drug-likeness (QED) is 0.776. The monoisotopic (exact) mass is 328 g/mol. The third-order valence-corrected chi connectivity index (χ3v) is 8.95. The molecule has 0 bridgehead atoms. The van der Waals surface area contributed by atoms with E-state index in [2.05, 4.69) is 33.9 Å². The fraction of sp³-hybridized carbons (Fsp3) is 0.562. The zero-order valence-electron chi connectivity index (χ0n) is 13.4. The number of rotatable bonds is 6. The van der Waals surface area contributed by atoms with Gasteiger partial charge in [-0.05, 0) is 42.2 Å². The molecule has 0 aliphatic heterocycles. The maximum atomic E-state index is 11.4. The predicted octanol–water partition coefficient (Wildman–Crippen LogP) is 4.61. The van der Waals surface area contributed by atoms with Gasteiger partial charge in [-0.15, -0.1) is 0 Å². The lowest BCUT2D eigenvalue weighted by Crippen LogP contribution is -2.42. The second-order valence-electron chi connectivity index (χ2n) is 6.94. The van der Waals surface area contributed by atoms with E-state index in [1.165, 1.54) is 0 Å². The van der Waals surface area contributed by atoms with Crippen molar-refractivity contribution in [3.63, 3.8) is 0 Å². The summed E-state index contributed by atoms with van der Waals surface area (Å²) in [5.74, 6) is -1.34. The summed E-state index contributed by atoms with van der Waals surface area (Å²) < 4.78 is 6.05. The molecular weight excluding hydrogens is 304 g/mol. The largest absolute Gasteiger partial charge is 0.481 e. The predicted molar refractivity (Wildman–Crippen MR) is 89.4 cm³/mol. The van der Waals surface area contributed by atoms with Crippen LogP contribution in [0.4, 0.5) is 0 Å². The van der Waals surface area contributed by atoms with Gasteiger partial charge in [-0.25, -0.2) is 0 Å². The van der Waals surface area contributed by atoms with Crippen LogP contribution in [0.5, 0.6) is 0 Å². The fourth-order valence-electron chi connectivity index (χ4n) is 1.65. The Bertz CT molecular complexity index is 477.